The summed E-state index contributed by atoms with van der Waals surface area (Å²) in [4.78, 5) is 25.5. The number of hydrogen-bond acceptors (Lipinski definition) is 8. The molecule has 0 radical (unpaired) electrons. The smallest absolute Gasteiger partial charge is 0.393 e. The highest BCUT2D eigenvalue weighted by Gasteiger charge is 2.38. The van der Waals surface area contributed by atoms with Crippen LogP contribution in [0.15, 0.2) is 30.5 Å². The number of fused-ring (bicyclic) bond motifs is 1. The third-order valence-corrected chi connectivity index (χ3v) is 7.00. The SMILES string of the molecule is O=C1CNCCN1C1CN(c2nc(N[C@H]3C[C@@H](O)C3)nc3c2cnn3-c2cccc(C(F)(F)F)c2)C1. The van der Waals surface area contributed by atoms with Crippen LogP contribution < -0.4 is 15.5 Å². The van der Waals surface area contributed by atoms with E-state index in [2.05, 4.69) is 20.7 Å². The Morgan fingerprint density at radius 2 is 1.97 bits per heavy atom. The highest BCUT2D eigenvalue weighted by atomic mass is 19.4. The summed E-state index contributed by atoms with van der Waals surface area (Å²) in [5.74, 6) is 1.01. The van der Waals surface area contributed by atoms with Crippen molar-refractivity contribution in [3.8, 4) is 5.69 Å². The Morgan fingerprint density at radius 3 is 2.69 bits per heavy atom. The Bertz CT molecular complexity index is 1300. The Kier molecular flexibility index (Phi) is 5.48. The Morgan fingerprint density at radius 1 is 1.17 bits per heavy atom. The topological polar surface area (TPSA) is 111 Å². The van der Waals surface area contributed by atoms with Crippen molar-refractivity contribution in [2.24, 2.45) is 0 Å². The van der Waals surface area contributed by atoms with Crippen LogP contribution in [0.5, 0.6) is 0 Å². The van der Waals surface area contributed by atoms with E-state index in [0.29, 0.717) is 61.8 Å². The lowest BCUT2D eigenvalue weighted by Crippen LogP contribution is -2.64. The zero-order valence-electron chi connectivity index (χ0n) is 19.2. The minimum Gasteiger partial charge on any atom is -0.393 e. The molecule has 1 saturated carbocycles. The first-order valence-electron chi connectivity index (χ1n) is 11.9. The monoisotopic (exact) mass is 502 g/mol. The van der Waals surface area contributed by atoms with Gasteiger partial charge >= 0.3 is 6.18 Å². The summed E-state index contributed by atoms with van der Waals surface area (Å²) in [5.41, 5.74) is -0.156. The number of aromatic nitrogens is 4. The van der Waals surface area contributed by atoms with Crippen LogP contribution in [0, 0.1) is 0 Å². The second kappa shape index (κ2) is 8.59. The number of nitrogens with zero attached hydrogens (tertiary/aromatic N) is 6. The number of amides is 1. The van der Waals surface area contributed by atoms with Gasteiger partial charge in [0.25, 0.3) is 0 Å². The Labute approximate surface area is 204 Å². The normalized spacial score (nSPS) is 23.1. The van der Waals surface area contributed by atoms with Crippen LogP contribution in [-0.2, 0) is 11.0 Å². The van der Waals surface area contributed by atoms with Crippen LogP contribution in [0.3, 0.4) is 0 Å². The number of carbonyl (C=O) groups excluding carboxylic acids is 1. The van der Waals surface area contributed by atoms with E-state index in [9.17, 15) is 23.1 Å². The van der Waals surface area contributed by atoms with Crippen LogP contribution >= 0.6 is 0 Å². The van der Waals surface area contributed by atoms with Crippen molar-refractivity contribution < 1.29 is 23.1 Å². The molecule has 0 bridgehead atoms. The molecule has 1 amide bonds. The summed E-state index contributed by atoms with van der Waals surface area (Å²) in [5, 5.41) is 20.9. The standard InChI is InChI=1S/C23H25F3N8O2/c24-23(25,26)13-2-1-3-15(6-13)34-21-18(9-28-34)20(30-22(31-21)29-14-7-17(35)8-14)32-11-16(12-32)33-5-4-27-10-19(33)36/h1-3,6,9,14,16-17,27,35H,4-5,7-8,10-12H2,(H,29,30,31)/t14-,17+. The third-order valence-electron chi connectivity index (χ3n) is 7.00. The summed E-state index contributed by atoms with van der Waals surface area (Å²) in [6, 6.07) is 5.03. The Balaban J connectivity index is 1.35. The number of anilines is 2. The number of alkyl halides is 3. The lowest BCUT2D eigenvalue weighted by atomic mass is 9.90. The van der Waals surface area contributed by atoms with E-state index in [1.807, 2.05) is 9.80 Å². The van der Waals surface area contributed by atoms with Crippen LogP contribution in [0.2, 0.25) is 0 Å². The molecule has 3 aliphatic rings. The van der Waals surface area contributed by atoms with Crippen molar-refractivity contribution >= 4 is 28.7 Å². The molecule has 2 aliphatic heterocycles. The molecule has 4 heterocycles. The zero-order valence-corrected chi connectivity index (χ0v) is 19.2. The third kappa shape index (κ3) is 4.11. The first kappa shape index (κ1) is 23.0. The maximum Gasteiger partial charge on any atom is 0.416 e. The van der Waals surface area contributed by atoms with E-state index in [1.54, 1.807) is 12.3 Å². The van der Waals surface area contributed by atoms with Gasteiger partial charge in [0.05, 0.1) is 41.5 Å². The van der Waals surface area contributed by atoms with Crippen LogP contribution in [0.25, 0.3) is 16.7 Å². The number of benzene rings is 1. The highest BCUT2D eigenvalue weighted by molar-refractivity contribution is 5.90. The van der Waals surface area contributed by atoms with Crippen molar-refractivity contribution in [3.05, 3.63) is 36.0 Å². The number of aliphatic hydroxyl groups is 1. The molecule has 3 fully saturated rings. The van der Waals surface area contributed by atoms with Gasteiger partial charge in [0.1, 0.15) is 5.82 Å². The fourth-order valence-electron chi connectivity index (χ4n) is 4.92. The first-order valence-corrected chi connectivity index (χ1v) is 11.9. The van der Waals surface area contributed by atoms with E-state index < -0.39 is 11.7 Å². The van der Waals surface area contributed by atoms with Gasteiger partial charge in [-0.3, -0.25) is 4.79 Å². The number of rotatable bonds is 5. The zero-order chi connectivity index (χ0) is 25.0. The van der Waals surface area contributed by atoms with Crippen molar-refractivity contribution in [3.63, 3.8) is 0 Å². The molecular formula is C23H25F3N8O2. The van der Waals surface area contributed by atoms with Gasteiger partial charge in [0.2, 0.25) is 11.9 Å². The summed E-state index contributed by atoms with van der Waals surface area (Å²) in [6.07, 6.45) is -2.15. The van der Waals surface area contributed by atoms with Gasteiger partial charge in [-0.15, -0.1) is 0 Å². The molecule has 1 aromatic carbocycles. The molecule has 2 saturated heterocycles. The van der Waals surface area contributed by atoms with E-state index in [4.69, 9.17) is 4.98 Å². The number of hydrogen-bond donors (Lipinski definition) is 3. The number of aliphatic hydroxyl groups excluding tert-OH is 1. The number of halogens is 3. The van der Waals surface area contributed by atoms with E-state index in [1.165, 1.54) is 10.7 Å². The molecule has 0 atom stereocenters. The predicted molar refractivity (Wildman–Crippen MR) is 125 cm³/mol. The Hall–Kier alpha value is -3.45. The first-order chi connectivity index (χ1) is 17.3. The van der Waals surface area contributed by atoms with Crippen molar-refractivity contribution in [1.82, 2.24) is 30.0 Å². The molecule has 1 aliphatic carbocycles. The molecule has 13 heteroatoms. The summed E-state index contributed by atoms with van der Waals surface area (Å²) in [7, 11) is 0. The highest BCUT2D eigenvalue weighted by Crippen LogP contribution is 2.34. The van der Waals surface area contributed by atoms with Gasteiger partial charge < -0.3 is 25.5 Å². The molecule has 0 unspecified atom stereocenters. The molecule has 6 rings (SSSR count). The minimum absolute atomic E-state index is 0.0119. The maximum absolute atomic E-state index is 13.3. The van der Waals surface area contributed by atoms with Gasteiger partial charge in [0, 0.05) is 32.2 Å². The van der Waals surface area contributed by atoms with Gasteiger partial charge in [-0.25, -0.2) is 4.68 Å². The lowest BCUT2D eigenvalue weighted by Gasteiger charge is -2.47. The maximum atomic E-state index is 13.3. The molecule has 190 valence electrons. The van der Waals surface area contributed by atoms with Crippen LogP contribution in [-0.4, -0.2) is 86.6 Å². The molecule has 3 N–H and O–H groups in total. The molecular weight excluding hydrogens is 477 g/mol. The minimum atomic E-state index is -4.48. The van der Waals surface area contributed by atoms with Crippen molar-refractivity contribution in [2.45, 2.75) is 37.2 Å². The van der Waals surface area contributed by atoms with Gasteiger partial charge in [0.15, 0.2) is 5.65 Å². The fraction of sp³-hybridized carbons (Fsp3) is 0.478. The van der Waals surface area contributed by atoms with Crippen LogP contribution in [0.1, 0.15) is 18.4 Å². The quantitative estimate of drug-likeness (QED) is 0.480. The van der Waals surface area contributed by atoms with Crippen molar-refractivity contribution in [2.75, 3.05) is 42.9 Å². The van der Waals surface area contributed by atoms with E-state index >= 15 is 0 Å². The summed E-state index contributed by atoms with van der Waals surface area (Å²) >= 11 is 0. The van der Waals surface area contributed by atoms with Gasteiger partial charge in [-0.2, -0.15) is 28.2 Å². The molecule has 2 aromatic heterocycles. The summed E-state index contributed by atoms with van der Waals surface area (Å²) in [6.45, 7) is 2.92. The average molecular weight is 503 g/mol. The van der Waals surface area contributed by atoms with Crippen molar-refractivity contribution in [1.29, 1.82) is 0 Å². The number of nitrogens with one attached hydrogen (secondary N) is 2. The van der Waals surface area contributed by atoms with Gasteiger partial charge in [-0.1, -0.05) is 6.07 Å². The van der Waals surface area contributed by atoms with Gasteiger partial charge in [-0.05, 0) is 31.0 Å². The largest absolute Gasteiger partial charge is 0.416 e. The van der Waals surface area contributed by atoms with E-state index in [0.717, 1.165) is 18.7 Å². The predicted octanol–water partition coefficient (Wildman–Crippen LogP) is 1.39. The molecule has 0 spiro atoms. The fourth-order valence-corrected chi connectivity index (χ4v) is 4.92. The second-order valence-corrected chi connectivity index (χ2v) is 9.50. The average Bonchev–Trinajstić information content (AvgIpc) is 3.22. The molecule has 10 nitrogen and oxygen atoms in total. The van der Waals surface area contributed by atoms with Crippen LogP contribution in [0.4, 0.5) is 24.9 Å². The second-order valence-electron chi connectivity index (χ2n) is 9.50. The number of carbonyl (C=O) groups is 1. The van der Waals surface area contributed by atoms with E-state index in [-0.39, 0.29) is 29.8 Å². The number of piperazine rings is 1. The molecule has 36 heavy (non-hydrogen) atoms. The summed E-state index contributed by atoms with van der Waals surface area (Å²) < 4.78 is 41.4. The lowest BCUT2D eigenvalue weighted by molar-refractivity contribution is -0.137. The molecule has 3 aromatic rings.